The van der Waals surface area contributed by atoms with Crippen molar-refractivity contribution in [2.24, 2.45) is 22.7 Å². The molecule has 1 aromatic carbocycles. The Labute approximate surface area is 295 Å². The van der Waals surface area contributed by atoms with Crippen molar-refractivity contribution in [2.75, 3.05) is 14.1 Å². The summed E-state index contributed by atoms with van der Waals surface area (Å²) in [6.45, 7) is 17.4. The molecule has 274 valence electrons. The highest BCUT2D eigenvalue weighted by atomic mass is 16.6. The molecule has 0 amide bonds. The Morgan fingerprint density at radius 2 is 1.42 bits per heavy atom. The van der Waals surface area contributed by atoms with E-state index in [-0.39, 0.29) is 12.5 Å². The molecule has 4 rings (SSSR count). The first-order valence-corrected chi connectivity index (χ1v) is 17.3. The number of nitrogens with zero attached hydrogens (tertiary/aromatic N) is 1. The van der Waals surface area contributed by atoms with Crippen LogP contribution in [0, 0.1) is 22.7 Å². The van der Waals surface area contributed by atoms with Gasteiger partial charge in [-0.15, -0.1) is 0 Å². The van der Waals surface area contributed by atoms with Crippen molar-refractivity contribution in [3.05, 3.63) is 59.2 Å². The number of hydrogen-bond acceptors (Lipinski definition) is 11. The topological polar surface area (TPSA) is 135 Å². The number of carbonyl (C=O) groups excluding carboxylic acids is 5. The molecule has 50 heavy (non-hydrogen) atoms. The van der Waals surface area contributed by atoms with E-state index < -0.39 is 83.0 Å². The molecule has 1 aromatic rings. The lowest BCUT2D eigenvalue weighted by molar-refractivity contribution is -0.205. The molecule has 2 fully saturated rings. The average molecular weight is 696 g/mol. The standard InChI is InChI=1S/C39H53NO10/c1-21-30(50-32(45)20-29(40(10)11)27-15-13-12-14-16-27)17-18-39(9)34(21)35(47-24(4)42)28-19-31(46-23(3)41)22(2)33(38(28,7)8)36(48-25(5)43)37(39)49-26(6)44/h12-16,28-31,34-37H,1,17-20H2,2-11H3/t28-,29+,30-,31-,34-,35+,36+,37-,39-/m0/s1. The van der Waals surface area contributed by atoms with Gasteiger partial charge in [0, 0.05) is 51.0 Å². The zero-order valence-electron chi connectivity index (χ0n) is 31.1. The molecule has 0 N–H and O–H groups in total. The van der Waals surface area contributed by atoms with Gasteiger partial charge in [0.25, 0.3) is 0 Å². The number of ether oxygens (including phenoxy) is 5. The number of esters is 5. The minimum absolute atomic E-state index is 0.0911. The summed E-state index contributed by atoms with van der Waals surface area (Å²) in [6, 6.07) is 9.48. The quantitative estimate of drug-likeness (QED) is 0.180. The summed E-state index contributed by atoms with van der Waals surface area (Å²) in [7, 11) is 3.81. The summed E-state index contributed by atoms with van der Waals surface area (Å²) >= 11 is 0. The zero-order valence-corrected chi connectivity index (χ0v) is 31.1. The van der Waals surface area contributed by atoms with E-state index in [0.717, 1.165) is 5.56 Å². The normalized spacial score (nSPS) is 30.9. The van der Waals surface area contributed by atoms with E-state index in [1.54, 1.807) is 0 Å². The molecule has 2 bridgehead atoms. The Hall–Kier alpha value is -3.99. The van der Waals surface area contributed by atoms with Crippen LogP contribution in [-0.4, -0.2) is 79.4 Å². The van der Waals surface area contributed by atoms with Gasteiger partial charge < -0.3 is 28.6 Å². The summed E-state index contributed by atoms with van der Waals surface area (Å²) < 4.78 is 30.6. The molecule has 3 aliphatic rings. The second kappa shape index (κ2) is 15.1. The predicted molar refractivity (Wildman–Crippen MR) is 184 cm³/mol. The number of fused-ring (bicyclic) bond motifs is 3. The largest absolute Gasteiger partial charge is 0.462 e. The molecule has 0 heterocycles. The fraction of sp³-hybridized carbons (Fsp3) is 0.615. The van der Waals surface area contributed by atoms with Gasteiger partial charge in [-0.1, -0.05) is 57.7 Å². The number of rotatable bonds is 9. The van der Waals surface area contributed by atoms with Gasteiger partial charge in [0.05, 0.1) is 6.42 Å². The van der Waals surface area contributed by atoms with Crippen LogP contribution in [0.2, 0.25) is 0 Å². The van der Waals surface area contributed by atoms with Crippen LogP contribution in [0.5, 0.6) is 0 Å². The van der Waals surface area contributed by atoms with Crippen molar-refractivity contribution in [1.29, 1.82) is 0 Å². The van der Waals surface area contributed by atoms with Gasteiger partial charge in [-0.3, -0.25) is 24.0 Å². The Morgan fingerprint density at radius 3 is 1.96 bits per heavy atom. The van der Waals surface area contributed by atoms with Crippen LogP contribution in [-0.2, 0) is 47.7 Å². The van der Waals surface area contributed by atoms with Crippen molar-refractivity contribution < 1.29 is 47.7 Å². The monoisotopic (exact) mass is 695 g/mol. The van der Waals surface area contributed by atoms with E-state index in [4.69, 9.17) is 23.7 Å². The van der Waals surface area contributed by atoms with Gasteiger partial charge in [-0.25, -0.2) is 0 Å². The highest BCUT2D eigenvalue weighted by molar-refractivity contribution is 5.71. The number of benzene rings is 1. The maximum Gasteiger partial charge on any atom is 0.308 e. The second-order valence-electron chi connectivity index (χ2n) is 15.1. The first kappa shape index (κ1) is 38.8. The Bertz CT molecular complexity index is 1530. The molecule has 11 nitrogen and oxygen atoms in total. The third-order valence-electron chi connectivity index (χ3n) is 11.0. The van der Waals surface area contributed by atoms with Crippen LogP contribution in [0.3, 0.4) is 0 Å². The molecule has 0 radical (unpaired) electrons. The van der Waals surface area contributed by atoms with Gasteiger partial charge in [0.1, 0.15) is 24.4 Å². The molecule has 0 spiro atoms. The maximum absolute atomic E-state index is 13.7. The van der Waals surface area contributed by atoms with E-state index in [2.05, 4.69) is 6.58 Å². The predicted octanol–water partition coefficient (Wildman–Crippen LogP) is 5.67. The molecule has 0 unspecified atom stereocenters. The van der Waals surface area contributed by atoms with Crippen LogP contribution in [0.1, 0.15) is 92.7 Å². The van der Waals surface area contributed by atoms with Gasteiger partial charge in [-0.2, -0.15) is 0 Å². The fourth-order valence-electron chi connectivity index (χ4n) is 8.89. The van der Waals surface area contributed by atoms with Crippen LogP contribution >= 0.6 is 0 Å². The molecule has 0 saturated heterocycles. The summed E-state index contributed by atoms with van der Waals surface area (Å²) in [4.78, 5) is 66.6. The smallest absolute Gasteiger partial charge is 0.308 e. The van der Waals surface area contributed by atoms with Crippen LogP contribution in [0.4, 0.5) is 0 Å². The lowest BCUT2D eigenvalue weighted by Crippen LogP contribution is -2.64. The lowest BCUT2D eigenvalue weighted by atomic mass is 9.49. The third kappa shape index (κ3) is 7.82. The minimum Gasteiger partial charge on any atom is -0.462 e. The van der Waals surface area contributed by atoms with Gasteiger partial charge in [0.15, 0.2) is 6.10 Å². The van der Waals surface area contributed by atoms with E-state index in [1.165, 1.54) is 27.7 Å². The van der Waals surface area contributed by atoms with Crippen molar-refractivity contribution in [3.63, 3.8) is 0 Å². The summed E-state index contributed by atoms with van der Waals surface area (Å²) in [5.74, 6) is -3.82. The first-order valence-electron chi connectivity index (χ1n) is 17.3. The van der Waals surface area contributed by atoms with E-state index in [9.17, 15) is 24.0 Å². The Balaban J connectivity index is 1.87. The molecule has 3 aliphatic carbocycles. The van der Waals surface area contributed by atoms with E-state index in [1.807, 2.05) is 77.0 Å². The molecular weight excluding hydrogens is 642 g/mol. The number of carbonyl (C=O) groups is 5. The van der Waals surface area contributed by atoms with Gasteiger partial charge in [0.2, 0.25) is 0 Å². The average Bonchev–Trinajstić information content (AvgIpc) is 2.99. The highest BCUT2D eigenvalue weighted by Gasteiger charge is 2.64. The van der Waals surface area contributed by atoms with E-state index >= 15 is 0 Å². The van der Waals surface area contributed by atoms with Crippen molar-refractivity contribution in [1.82, 2.24) is 4.90 Å². The third-order valence-corrected chi connectivity index (χ3v) is 11.0. The summed E-state index contributed by atoms with van der Waals surface area (Å²) in [5, 5.41) is 0. The van der Waals surface area contributed by atoms with E-state index in [0.29, 0.717) is 36.0 Å². The second-order valence-corrected chi connectivity index (χ2v) is 15.1. The first-order chi connectivity index (χ1) is 23.3. The Morgan fingerprint density at radius 1 is 0.840 bits per heavy atom. The van der Waals surface area contributed by atoms with Crippen LogP contribution < -0.4 is 0 Å². The van der Waals surface area contributed by atoms with Crippen molar-refractivity contribution >= 4 is 29.8 Å². The van der Waals surface area contributed by atoms with Crippen molar-refractivity contribution in [3.8, 4) is 0 Å². The maximum atomic E-state index is 13.7. The lowest BCUT2D eigenvalue weighted by Gasteiger charge is -2.60. The minimum atomic E-state index is -1.06. The van der Waals surface area contributed by atoms with Crippen LogP contribution in [0.25, 0.3) is 0 Å². The molecule has 2 saturated carbocycles. The van der Waals surface area contributed by atoms with Gasteiger partial charge >= 0.3 is 29.8 Å². The summed E-state index contributed by atoms with van der Waals surface area (Å²) in [5.41, 5.74) is 0.987. The molecule has 9 atom stereocenters. The molecular formula is C39H53NO10. The summed E-state index contributed by atoms with van der Waals surface area (Å²) in [6.07, 6.45) is -3.36. The fourth-order valence-corrected chi connectivity index (χ4v) is 8.89. The Kier molecular flexibility index (Phi) is 11.7. The molecule has 0 aliphatic heterocycles. The highest BCUT2D eigenvalue weighted by Crippen LogP contribution is 2.61. The van der Waals surface area contributed by atoms with Crippen LogP contribution in [0.15, 0.2) is 53.6 Å². The molecule has 0 aromatic heterocycles. The van der Waals surface area contributed by atoms with Gasteiger partial charge in [-0.05, 0) is 68.0 Å². The molecule has 11 heteroatoms. The SMILES string of the molecule is C=C1[C@@H](OC(=O)C[C@H](c2ccccc2)N(C)C)CC[C@]2(C)[C@@H](OC(C)=O)[C@H](OC(C)=O)C3=C(C)[C@@H](OC(C)=O)C[C@@H]([C@@H](OC(C)=O)[C@H]12)C3(C)C. The van der Waals surface area contributed by atoms with Crippen molar-refractivity contribution in [2.45, 2.75) is 118 Å². The zero-order chi connectivity index (χ0) is 37.3. The number of hydrogen-bond donors (Lipinski definition) is 0.